The van der Waals surface area contributed by atoms with Gasteiger partial charge in [-0.25, -0.2) is 35.3 Å². The van der Waals surface area contributed by atoms with Crippen LogP contribution in [0.3, 0.4) is 0 Å². The van der Waals surface area contributed by atoms with Gasteiger partial charge < -0.3 is 129 Å². The number of ether oxygens (including phenoxy) is 11. The molecule has 0 saturated carbocycles. The number of hydrogen-bond acceptors (Lipinski definition) is 41. The summed E-state index contributed by atoms with van der Waals surface area (Å²) in [7, 11) is -28.7. The molecule has 0 bridgehead atoms. The van der Waals surface area contributed by atoms with Gasteiger partial charge in [-0.3, -0.25) is 37.1 Å². The SMILES string of the molecule is CC(=O)N[C@H]1[C@H](O[C@H]2[C@H](O)[C@@H](OS(=O)(=O)O)[C@H](O[C@H]3[C@@H](O)[C@@H](COS(=O)(=O)O)OC(O)[C@@H]3NC(C)=O)O[C@@H]2C(=O)O)O[C@H](CO)[C@H](OS(=O)(=O)O)[C@@H]1O[C@@H]1O[C@H](C(=O)O)[C@@H](O[C@@H]2O[C@H](COS(=O)(=O)O)[C@H](O)C(O[C@@H]3O[C@H](C(=O)O)[C@@H](O)[C@H](O)[C@H]3OS(=O)(=O)O)[C@H]2NC(C)=O)[C@H](O)[C@H]1O. The van der Waals surface area contributed by atoms with Crippen LogP contribution >= 0.6 is 0 Å². The maximum absolute atomic E-state index is 13.2. The third-order valence-corrected chi connectivity index (χ3v) is 16.8. The van der Waals surface area contributed by atoms with E-state index in [1.165, 1.54) is 0 Å². The molecule has 3 amide bonds. The van der Waals surface area contributed by atoms with E-state index in [0.717, 1.165) is 6.92 Å². The number of aliphatic hydroxyl groups is 9. The molecule has 0 aromatic rings. The molecule has 0 spiro atoms. The van der Waals surface area contributed by atoms with Crippen molar-refractivity contribution >= 4 is 87.6 Å². The van der Waals surface area contributed by atoms with Crippen molar-refractivity contribution in [3.63, 3.8) is 0 Å². The predicted octanol–water partition coefficient (Wildman–Crippen LogP) is -14.3. The molecule has 6 aliphatic rings. The van der Waals surface area contributed by atoms with Crippen LogP contribution in [-0.4, -0.2) is 366 Å². The molecule has 57 heteroatoms. The van der Waals surface area contributed by atoms with E-state index < -0.39 is 291 Å². The largest absolute Gasteiger partial charge is 0.479 e. The normalized spacial score (nSPS) is 40.4. The number of carboxylic acid groups (broad SMARTS) is 3. The highest BCUT2D eigenvalue weighted by Crippen LogP contribution is 2.39. The third-order valence-electron chi connectivity index (χ3n) is 14.6. The smallest absolute Gasteiger partial charge is 0.397 e. The first-order valence-electron chi connectivity index (χ1n) is 27.4. The van der Waals surface area contributed by atoms with Crippen LogP contribution < -0.4 is 16.0 Å². The highest BCUT2D eigenvalue weighted by molar-refractivity contribution is 7.81. The van der Waals surface area contributed by atoms with Gasteiger partial charge in [-0.05, 0) is 0 Å². The molecule has 0 aliphatic carbocycles. The molecule has 2 unspecified atom stereocenters. The standard InChI is InChI=1S/C42H65N3O49S5/c1-7(47)43-13-24(16(50)11(81-37(13)63)5-79-95(64,65)66)84-42-31(94-99(76,77)78)22(56)28(33(91-42)36(61)62)88-39-15(45-9(3)49)26(23(10(4-46)82-39)92-97(70,71)72)86-40-21(55)20(54)27(32(90-40)35(59)60)87-38-14(44-8(2)48)25(17(51)12(83-38)6-80-96(67,68)69)85-41-30(93-98(73,74)75)19(53)18(52)29(89-41)34(57)58/h10-33,37-42,46,50-56,63H,4-6H2,1-3H3,(H,43,47)(H,44,48)(H,45,49)(H,57,58)(H,59,60)(H,61,62)(H,64,65,66)(H,67,68,69)(H,70,71,72)(H,73,74,75)(H,76,77,78)/t10-,11-,12-,13-,14-,15-,16+,17+,18+,19+,20-,21-,22+,23+,24-,25?,26-,27+,28+,29+,30-,31-,32+,33+,37?,38+,39+,40-,41-,42-/m1/s1. The summed E-state index contributed by atoms with van der Waals surface area (Å²) in [6, 6.07) is -7.07. The molecule has 6 rings (SSSR count). The molecule has 572 valence electrons. The highest BCUT2D eigenvalue weighted by Gasteiger charge is 2.62. The van der Waals surface area contributed by atoms with Gasteiger partial charge in [0.15, 0.2) is 68.3 Å². The first kappa shape index (κ1) is 83.3. The maximum atomic E-state index is 13.2. The molecule has 52 nitrogen and oxygen atoms in total. The van der Waals surface area contributed by atoms with Crippen molar-refractivity contribution in [2.45, 2.75) is 205 Å². The Morgan fingerprint density at radius 1 is 0.343 bits per heavy atom. The van der Waals surface area contributed by atoms with Crippen molar-refractivity contribution in [1.29, 1.82) is 0 Å². The Labute approximate surface area is 554 Å². The summed E-state index contributed by atoms with van der Waals surface area (Å²) in [4.78, 5) is 76.6. The summed E-state index contributed by atoms with van der Waals surface area (Å²) >= 11 is 0. The number of aliphatic hydroxyl groups excluding tert-OH is 9. The van der Waals surface area contributed by atoms with Crippen molar-refractivity contribution < 1.29 is 228 Å². The van der Waals surface area contributed by atoms with E-state index in [-0.39, 0.29) is 0 Å². The van der Waals surface area contributed by atoms with E-state index in [4.69, 9.17) is 56.7 Å². The second kappa shape index (κ2) is 33.0. The molecule has 30 atom stereocenters. The van der Waals surface area contributed by atoms with E-state index >= 15 is 0 Å². The van der Waals surface area contributed by atoms with Crippen LogP contribution in [0.5, 0.6) is 0 Å². The maximum Gasteiger partial charge on any atom is 0.397 e. The number of carboxylic acids is 3. The fourth-order valence-corrected chi connectivity index (χ4v) is 12.7. The van der Waals surface area contributed by atoms with Crippen molar-refractivity contribution in [3.05, 3.63) is 0 Å². The van der Waals surface area contributed by atoms with E-state index in [1.54, 1.807) is 0 Å². The molecule has 99 heavy (non-hydrogen) atoms. The molecule has 0 radical (unpaired) electrons. The second-order valence-electron chi connectivity index (χ2n) is 21.6. The molecule has 6 saturated heterocycles. The van der Waals surface area contributed by atoms with Crippen LogP contribution in [0.25, 0.3) is 0 Å². The van der Waals surface area contributed by atoms with Crippen LogP contribution in [0.4, 0.5) is 0 Å². The molecular weight excluding hydrogens is 1490 g/mol. The average molecular weight is 1560 g/mol. The molecular formula is C42H65N3O49S5. The van der Waals surface area contributed by atoms with Crippen molar-refractivity contribution in [1.82, 2.24) is 16.0 Å². The lowest BCUT2D eigenvalue weighted by atomic mass is 9.93. The van der Waals surface area contributed by atoms with Crippen molar-refractivity contribution in [3.8, 4) is 0 Å². The fraction of sp³-hybridized carbons (Fsp3) is 0.857. The Morgan fingerprint density at radius 3 is 1.09 bits per heavy atom. The molecule has 6 fully saturated rings. The number of aliphatic carboxylic acids is 3. The lowest BCUT2D eigenvalue weighted by Gasteiger charge is -2.51. The Balaban J connectivity index is 1.39. The Kier molecular flexibility index (Phi) is 27.8. The molecule has 6 heterocycles. The number of rotatable bonds is 29. The highest BCUT2D eigenvalue weighted by atomic mass is 32.3. The van der Waals surface area contributed by atoms with Crippen molar-refractivity contribution in [2.24, 2.45) is 0 Å². The second-order valence-corrected chi connectivity index (χ2v) is 27.0. The zero-order valence-electron chi connectivity index (χ0n) is 49.6. The number of carbonyl (C=O) groups excluding carboxylic acids is 3. The summed E-state index contributed by atoms with van der Waals surface area (Å²) in [5.41, 5.74) is 0. The zero-order chi connectivity index (χ0) is 74.8. The van der Waals surface area contributed by atoms with Crippen LogP contribution in [0.1, 0.15) is 20.8 Å². The number of amides is 3. The summed E-state index contributed by atoms with van der Waals surface area (Å²) in [5.74, 6) is -10.5. The van der Waals surface area contributed by atoms with Gasteiger partial charge in [0.25, 0.3) is 0 Å². The van der Waals surface area contributed by atoms with E-state index in [9.17, 15) is 150 Å². The van der Waals surface area contributed by atoms with Gasteiger partial charge in [-0.15, -0.1) is 0 Å². The number of nitrogens with one attached hydrogen (secondary N) is 3. The van der Waals surface area contributed by atoms with E-state index in [1.807, 2.05) is 16.0 Å². The zero-order valence-corrected chi connectivity index (χ0v) is 53.7. The van der Waals surface area contributed by atoms with Gasteiger partial charge in [0, 0.05) is 20.8 Å². The number of hydrogen-bond donors (Lipinski definition) is 20. The minimum atomic E-state index is -6.01. The first-order valence-corrected chi connectivity index (χ1v) is 34.2. The molecule has 0 aromatic heterocycles. The third kappa shape index (κ3) is 22.0. The minimum Gasteiger partial charge on any atom is -0.479 e. The van der Waals surface area contributed by atoms with Gasteiger partial charge >= 0.3 is 69.9 Å². The van der Waals surface area contributed by atoms with Crippen LogP contribution in [0.2, 0.25) is 0 Å². The minimum absolute atomic E-state index is 0.638. The fourth-order valence-electron chi connectivity index (χ4n) is 10.6. The first-order chi connectivity index (χ1) is 45.4. The summed E-state index contributed by atoms with van der Waals surface area (Å²) in [5, 5.41) is 138. The van der Waals surface area contributed by atoms with E-state index in [0.29, 0.717) is 13.8 Å². The summed E-state index contributed by atoms with van der Waals surface area (Å²) < 4.78 is 250. The van der Waals surface area contributed by atoms with Crippen molar-refractivity contribution in [2.75, 3.05) is 19.8 Å². The Hall–Kier alpha value is -4.63. The quantitative estimate of drug-likeness (QED) is 0.0309. The van der Waals surface area contributed by atoms with Gasteiger partial charge in [0.1, 0.15) is 116 Å². The lowest BCUT2D eigenvalue weighted by Crippen LogP contribution is -2.72. The topological polar surface area (TPSA) is 801 Å². The summed E-state index contributed by atoms with van der Waals surface area (Å²) in [6.45, 7) is -2.49. The van der Waals surface area contributed by atoms with E-state index in [2.05, 4.69) is 20.9 Å². The number of carbonyl (C=O) groups is 6. The Bertz CT molecular complexity index is 3460. The lowest BCUT2D eigenvalue weighted by molar-refractivity contribution is -0.374. The van der Waals surface area contributed by atoms with Crippen LogP contribution in [-0.2, 0) is 154 Å². The monoisotopic (exact) mass is 1560 g/mol. The van der Waals surface area contributed by atoms with Gasteiger partial charge in [0.05, 0.1) is 19.8 Å². The molecule has 6 aliphatic heterocycles. The predicted molar refractivity (Wildman–Crippen MR) is 288 cm³/mol. The van der Waals surface area contributed by atoms with Crippen LogP contribution in [0, 0.1) is 0 Å². The van der Waals surface area contributed by atoms with Crippen LogP contribution in [0.15, 0.2) is 0 Å². The van der Waals surface area contributed by atoms with Gasteiger partial charge in [-0.2, -0.15) is 42.1 Å². The molecule has 0 aromatic carbocycles. The van der Waals surface area contributed by atoms with Gasteiger partial charge in [-0.1, -0.05) is 0 Å². The summed E-state index contributed by atoms with van der Waals surface area (Å²) in [6.07, 6.45) is -73.3. The Morgan fingerprint density at radius 2 is 0.677 bits per heavy atom. The molecule has 20 N–H and O–H groups in total. The van der Waals surface area contributed by atoms with Gasteiger partial charge in [0.2, 0.25) is 17.7 Å². The average Bonchev–Trinajstić information content (AvgIpc) is 0.765.